The van der Waals surface area contributed by atoms with Crippen molar-refractivity contribution in [1.82, 2.24) is 9.80 Å². The Labute approximate surface area is 148 Å². The standard InChI is InChI=1S/C20H37N3O/c1-5-9-22(10-6-2)15-17-13-18(20(24)14-19(17)21)16-23(11-7-3)12-8-4/h13-14,24H,5-12,15-16,21H2,1-4H3. The number of aromatic hydroxyl groups is 1. The van der Waals surface area contributed by atoms with Gasteiger partial charge in [-0.05, 0) is 63.5 Å². The second kappa shape index (κ2) is 11.3. The summed E-state index contributed by atoms with van der Waals surface area (Å²) in [5, 5.41) is 10.3. The zero-order chi connectivity index (χ0) is 17.9. The van der Waals surface area contributed by atoms with E-state index in [0.717, 1.165) is 76.1 Å². The number of nitrogen functional groups attached to an aromatic ring is 1. The molecular formula is C20H37N3O. The van der Waals surface area contributed by atoms with Crippen LogP contribution < -0.4 is 5.73 Å². The molecule has 0 fully saturated rings. The van der Waals surface area contributed by atoms with Gasteiger partial charge in [-0.15, -0.1) is 0 Å². The molecular weight excluding hydrogens is 298 g/mol. The Bertz CT molecular complexity index is 425. The van der Waals surface area contributed by atoms with Crippen LogP contribution in [0.5, 0.6) is 5.75 Å². The number of hydrogen-bond donors (Lipinski definition) is 2. The number of nitrogens with two attached hydrogens (primary N) is 1. The molecule has 0 saturated heterocycles. The van der Waals surface area contributed by atoms with Gasteiger partial charge in [0, 0.05) is 30.4 Å². The number of benzene rings is 1. The summed E-state index contributed by atoms with van der Waals surface area (Å²) in [7, 11) is 0. The van der Waals surface area contributed by atoms with Gasteiger partial charge in [0.2, 0.25) is 0 Å². The molecule has 0 aliphatic rings. The van der Waals surface area contributed by atoms with E-state index in [2.05, 4.69) is 43.6 Å². The van der Waals surface area contributed by atoms with Crippen LogP contribution in [0.25, 0.3) is 0 Å². The van der Waals surface area contributed by atoms with E-state index in [-0.39, 0.29) is 0 Å². The van der Waals surface area contributed by atoms with Crippen molar-refractivity contribution >= 4 is 5.69 Å². The minimum Gasteiger partial charge on any atom is -0.508 e. The summed E-state index contributed by atoms with van der Waals surface area (Å²) >= 11 is 0. The summed E-state index contributed by atoms with van der Waals surface area (Å²) in [5.74, 6) is 0.325. The van der Waals surface area contributed by atoms with Gasteiger partial charge in [0.25, 0.3) is 0 Å². The topological polar surface area (TPSA) is 52.7 Å². The Morgan fingerprint density at radius 3 is 1.58 bits per heavy atom. The summed E-state index contributed by atoms with van der Waals surface area (Å²) in [6, 6.07) is 3.85. The van der Waals surface area contributed by atoms with E-state index in [9.17, 15) is 5.11 Å². The highest BCUT2D eigenvalue weighted by atomic mass is 16.3. The maximum Gasteiger partial charge on any atom is 0.122 e. The molecule has 4 nitrogen and oxygen atoms in total. The summed E-state index contributed by atoms with van der Waals surface area (Å²) in [5.41, 5.74) is 9.01. The van der Waals surface area contributed by atoms with E-state index in [4.69, 9.17) is 5.73 Å². The summed E-state index contributed by atoms with van der Waals surface area (Å²) in [4.78, 5) is 4.85. The zero-order valence-corrected chi connectivity index (χ0v) is 16.1. The van der Waals surface area contributed by atoms with Gasteiger partial charge in [-0.3, -0.25) is 9.80 Å². The van der Waals surface area contributed by atoms with Crippen LogP contribution in [0, 0.1) is 0 Å². The van der Waals surface area contributed by atoms with Gasteiger partial charge in [0.1, 0.15) is 5.75 Å². The van der Waals surface area contributed by atoms with Crippen LogP contribution in [-0.2, 0) is 13.1 Å². The van der Waals surface area contributed by atoms with Crippen molar-refractivity contribution in [3.63, 3.8) is 0 Å². The quantitative estimate of drug-likeness (QED) is 0.562. The maximum absolute atomic E-state index is 10.3. The van der Waals surface area contributed by atoms with E-state index >= 15 is 0 Å². The van der Waals surface area contributed by atoms with Gasteiger partial charge < -0.3 is 10.8 Å². The zero-order valence-electron chi connectivity index (χ0n) is 16.1. The van der Waals surface area contributed by atoms with E-state index < -0.39 is 0 Å². The fourth-order valence-electron chi connectivity index (χ4n) is 3.25. The smallest absolute Gasteiger partial charge is 0.122 e. The first-order valence-electron chi connectivity index (χ1n) is 9.60. The Kier molecular flexibility index (Phi) is 9.80. The lowest BCUT2D eigenvalue weighted by Gasteiger charge is -2.24. The molecule has 0 aromatic heterocycles. The Balaban J connectivity index is 2.94. The number of anilines is 1. The van der Waals surface area contributed by atoms with E-state index in [0.29, 0.717) is 11.4 Å². The molecule has 1 aromatic carbocycles. The molecule has 0 aliphatic heterocycles. The normalized spacial score (nSPS) is 11.6. The van der Waals surface area contributed by atoms with E-state index in [1.807, 2.05) is 0 Å². The van der Waals surface area contributed by atoms with Gasteiger partial charge in [0.05, 0.1) is 0 Å². The van der Waals surface area contributed by atoms with Crippen LogP contribution in [0.2, 0.25) is 0 Å². The van der Waals surface area contributed by atoms with Gasteiger partial charge in [-0.25, -0.2) is 0 Å². The second-order valence-electron chi connectivity index (χ2n) is 6.73. The van der Waals surface area contributed by atoms with Crippen LogP contribution in [0.1, 0.15) is 64.5 Å². The first-order valence-corrected chi connectivity index (χ1v) is 9.60. The van der Waals surface area contributed by atoms with Crippen molar-refractivity contribution < 1.29 is 5.11 Å². The number of nitrogens with zero attached hydrogens (tertiary/aromatic N) is 2. The molecule has 4 heteroatoms. The number of rotatable bonds is 12. The molecule has 0 radical (unpaired) electrons. The van der Waals surface area contributed by atoms with Crippen molar-refractivity contribution in [1.29, 1.82) is 0 Å². The largest absolute Gasteiger partial charge is 0.508 e. The van der Waals surface area contributed by atoms with Crippen LogP contribution in [0.15, 0.2) is 12.1 Å². The van der Waals surface area contributed by atoms with Gasteiger partial charge >= 0.3 is 0 Å². The number of phenols is 1. The van der Waals surface area contributed by atoms with Gasteiger partial charge in [-0.2, -0.15) is 0 Å². The van der Waals surface area contributed by atoms with Crippen LogP contribution in [-0.4, -0.2) is 41.1 Å². The van der Waals surface area contributed by atoms with Crippen LogP contribution in [0.3, 0.4) is 0 Å². The third-order valence-electron chi connectivity index (χ3n) is 4.29. The molecule has 0 unspecified atom stereocenters. The summed E-state index contributed by atoms with van der Waals surface area (Å²) in [6.45, 7) is 14.8. The predicted molar refractivity (Wildman–Crippen MR) is 104 cm³/mol. The number of hydrogen-bond acceptors (Lipinski definition) is 4. The highest BCUT2D eigenvalue weighted by Gasteiger charge is 2.13. The number of phenolic OH excluding ortho intramolecular Hbond substituents is 1. The lowest BCUT2D eigenvalue weighted by Crippen LogP contribution is -2.26. The molecule has 0 bridgehead atoms. The molecule has 24 heavy (non-hydrogen) atoms. The second-order valence-corrected chi connectivity index (χ2v) is 6.73. The average molecular weight is 336 g/mol. The van der Waals surface area contributed by atoms with Crippen LogP contribution >= 0.6 is 0 Å². The third kappa shape index (κ3) is 6.70. The van der Waals surface area contributed by atoms with Crippen molar-refractivity contribution in [2.45, 2.75) is 66.5 Å². The minimum atomic E-state index is 0.325. The predicted octanol–water partition coefficient (Wildman–Crippen LogP) is 4.22. The lowest BCUT2D eigenvalue weighted by atomic mass is 10.1. The molecule has 0 spiro atoms. The third-order valence-corrected chi connectivity index (χ3v) is 4.29. The molecule has 1 rings (SSSR count). The van der Waals surface area contributed by atoms with Crippen molar-refractivity contribution in [2.75, 3.05) is 31.9 Å². The summed E-state index contributed by atoms with van der Waals surface area (Å²) in [6.07, 6.45) is 4.55. The van der Waals surface area contributed by atoms with Crippen LogP contribution in [0.4, 0.5) is 5.69 Å². The molecule has 0 aliphatic carbocycles. The highest BCUT2D eigenvalue weighted by molar-refractivity contribution is 5.54. The monoisotopic (exact) mass is 335 g/mol. The molecule has 0 amide bonds. The average Bonchev–Trinajstić information content (AvgIpc) is 2.53. The maximum atomic E-state index is 10.3. The van der Waals surface area contributed by atoms with Crippen molar-refractivity contribution in [3.05, 3.63) is 23.3 Å². The molecule has 3 N–H and O–H groups in total. The van der Waals surface area contributed by atoms with Gasteiger partial charge in [0.15, 0.2) is 0 Å². The highest BCUT2D eigenvalue weighted by Crippen LogP contribution is 2.27. The molecule has 1 aromatic rings. The molecule has 0 heterocycles. The Hall–Kier alpha value is -1.26. The van der Waals surface area contributed by atoms with Gasteiger partial charge in [-0.1, -0.05) is 27.7 Å². The Morgan fingerprint density at radius 2 is 1.17 bits per heavy atom. The lowest BCUT2D eigenvalue weighted by molar-refractivity contribution is 0.260. The van der Waals surface area contributed by atoms with E-state index in [1.54, 1.807) is 6.07 Å². The van der Waals surface area contributed by atoms with E-state index in [1.165, 1.54) is 0 Å². The fraction of sp³-hybridized carbons (Fsp3) is 0.700. The minimum absolute atomic E-state index is 0.325. The Morgan fingerprint density at radius 1 is 0.750 bits per heavy atom. The molecule has 0 atom stereocenters. The summed E-state index contributed by atoms with van der Waals surface area (Å²) < 4.78 is 0. The SMILES string of the molecule is CCCN(CCC)Cc1cc(CN(CCC)CCC)c(O)cc1N. The first kappa shape index (κ1) is 20.8. The fourth-order valence-corrected chi connectivity index (χ4v) is 3.25. The first-order chi connectivity index (χ1) is 11.5. The molecule has 138 valence electrons. The van der Waals surface area contributed by atoms with Crippen molar-refractivity contribution in [3.8, 4) is 5.75 Å². The van der Waals surface area contributed by atoms with Crippen molar-refractivity contribution in [2.24, 2.45) is 0 Å². The molecule has 0 saturated carbocycles.